The van der Waals surface area contributed by atoms with E-state index < -0.39 is 5.54 Å². The van der Waals surface area contributed by atoms with Gasteiger partial charge in [-0.15, -0.1) is 0 Å². The van der Waals surface area contributed by atoms with E-state index in [1.807, 2.05) is 13.8 Å². The van der Waals surface area contributed by atoms with Crippen LogP contribution in [0, 0.1) is 0 Å². The minimum atomic E-state index is -0.462. The minimum absolute atomic E-state index is 0.180. The smallest absolute Gasteiger partial charge is 0.156 e. The summed E-state index contributed by atoms with van der Waals surface area (Å²) in [5.74, 6) is 0.180. The number of nitrogens with zero attached hydrogens (tertiary/aromatic N) is 2. The first-order valence-corrected chi connectivity index (χ1v) is 6.68. The number of likely N-dealkylation sites (N-methyl/N-ethyl adjacent to an activating group) is 1. The van der Waals surface area contributed by atoms with Crippen LogP contribution in [0.4, 0.5) is 0 Å². The van der Waals surface area contributed by atoms with E-state index in [-0.39, 0.29) is 5.78 Å². The number of Topliss-reactive ketones (excluding diaryl/α,β-unsaturated/α-hetero) is 1. The predicted molar refractivity (Wildman–Crippen MR) is 75.0 cm³/mol. The Morgan fingerprint density at radius 1 is 1.39 bits per heavy atom. The highest BCUT2D eigenvalue weighted by atomic mass is 35.5. The van der Waals surface area contributed by atoms with Gasteiger partial charge >= 0.3 is 0 Å². The number of carbonyl (C=O) groups is 1. The molecule has 0 saturated heterocycles. The summed E-state index contributed by atoms with van der Waals surface area (Å²) in [6, 6.07) is 1.80. The SMILES string of the molecule is CCN(CC)C(C)(C)C(=O)Cc1ccncc1Cl. The molecule has 4 heteroatoms. The highest BCUT2D eigenvalue weighted by Gasteiger charge is 2.32. The zero-order chi connectivity index (χ0) is 13.8. The van der Waals surface area contributed by atoms with Gasteiger partial charge in [0.25, 0.3) is 0 Å². The fourth-order valence-corrected chi connectivity index (χ4v) is 2.31. The second-order valence-electron chi connectivity index (χ2n) is 4.80. The van der Waals surface area contributed by atoms with E-state index in [0.717, 1.165) is 18.7 Å². The van der Waals surface area contributed by atoms with Crippen molar-refractivity contribution in [3.05, 3.63) is 29.0 Å². The number of hydrogen-bond acceptors (Lipinski definition) is 3. The molecule has 0 aliphatic carbocycles. The van der Waals surface area contributed by atoms with Crippen molar-refractivity contribution in [2.75, 3.05) is 13.1 Å². The average Bonchev–Trinajstić information content (AvgIpc) is 2.33. The van der Waals surface area contributed by atoms with Gasteiger partial charge in [0, 0.05) is 18.8 Å². The lowest BCUT2D eigenvalue weighted by molar-refractivity contribution is -0.128. The van der Waals surface area contributed by atoms with Gasteiger partial charge in [-0.1, -0.05) is 25.4 Å². The third-order valence-electron chi connectivity index (χ3n) is 3.44. The van der Waals surface area contributed by atoms with Crippen molar-refractivity contribution in [1.29, 1.82) is 0 Å². The summed E-state index contributed by atoms with van der Waals surface area (Å²) in [5, 5.41) is 0.557. The molecule has 0 saturated carbocycles. The van der Waals surface area contributed by atoms with Gasteiger partial charge in [0.1, 0.15) is 0 Å². The molecule has 0 aliphatic heterocycles. The molecule has 0 amide bonds. The van der Waals surface area contributed by atoms with Crippen LogP contribution < -0.4 is 0 Å². The number of carbonyl (C=O) groups excluding carboxylic acids is 1. The first kappa shape index (κ1) is 15.1. The summed E-state index contributed by atoms with van der Waals surface area (Å²) in [5.41, 5.74) is 0.382. The third-order valence-corrected chi connectivity index (χ3v) is 3.78. The van der Waals surface area contributed by atoms with Crippen molar-refractivity contribution in [2.45, 2.75) is 39.7 Å². The molecule has 100 valence electrons. The molecular formula is C14H21ClN2O. The van der Waals surface area contributed by atoms with E-state index in [0.29, 0.717) is 11.4 Å². The van der Waals surface area contributed by atoms with E-state index in [1.165, 1.54) is 0 Å². The Bertz CT molecular complexity index is 414. The van der Waals surface area contributed by atoms with Gasteiger partial charge in [-0.3, -0.25) is 14.7 Å². The van der Waals surface area contributed by atoms with Gasteiger partial charge in [-0.2, -0.15) is 0 Å². The first-order valence-electron chi connectivity index (χ1n) is 6.30. The van der Waals surface area contributed by atoms with Crippen molar-refractivity contribution in [3.8, 4) is 0 Å². The Hall–Kier alpha value is -0.930. The van der Waals surface area contributed by atoms with Gasteiger partial charge in [0.05, 0.1) is 10.6 Å². The molecule has 0 spiro atoms. The summed E-state index contributed by atoms with van der Waals surface area (Å²) < 4.78 is 0. The van der Waals surface area contributed by atoms with E-state index in [4.69, 9.17) is 11.6 Å². The molecule has 0 radical (unpaired) electrons. The van der Waals surface area contributed by atoms with Crippen molar-refractivity contribution < 1.29 is 4.79 Å². The highest BCUT2D eigenvalue weighted by Crippen LogP contribution is 2.21. The Morgan fingerprint density at radius 3 is 2.50 bits per heavy atom. The van der Waals surface area contributed by atoms with Crippen molar-refractivity contribution in [2.24, 2.45) is 0 Å². The van der Waals surface area contributed by atoms with Gasteiger partial charge in [0.15, 0.2) is 5.78 Å². The second-order valence-corrected chi connectivity index (χ2v) is 5.21. The minimum Gasteiger partial charge on any atom is -0.297 e. The molecule has 0 atom stereocenters. The zero-order valence-corrected chi connectivity index (χ0v) is 12.3. The lowest BCUT2D eigenvalue weighted by Gasteiger charge is -2.35. The molecule has 3 nitrogen and oxygen atoms in total. The number of aromatic nitrogens is 1. The molecule has 1 aromatic rings. The van der Waals surface area contributed by atoms with E-state index >= 15 is 0 Å². The van der Waals surface area contributed by atoms with E-state index in [9.17, 15) is 4.79 Å². The molecule has 1 aromatic heterocycles. The van der Waals surface area contributed by atoms with Crippen LogP contribution >= 0.6 is 11.6 Å². The molecule has 0 N–H and O–H groups in total. The maximum absolute atomic E-state index is 12.4. The number of ketones is 1. The molecule has 0 unspecified atom stereocenters. The van der Waals surface area contributed by atoms with Crippen molar-refractivity contribution in [1.82, 2.24) is 9.88 Å². The molecule has 0 aliphatic rings. The third kappa shape index (κ3) is 3.30. The standard InChI is InChI=1S/C14H21ClN2O/c1-5-17(6-2)14(3,4)13(18)9-11-7-8-16-10-12(11)15/h7-8,10H,5-6,9H2,1-4H3. The van der Waals surface area contributed by atoms with Crippen LogP contribution in [-0.4, -0.2) is 34.3 Å². The monoisotopic (exact) mass is 268 g/mol. The van der Waals surface area contributed by atoms with Crippen LogP contribution in [-0.2, 0) is 11.2 Å². The number of rotatable bonds is 6. The molecule has 0 bridgehead atoms. The number of pyridine rings is 1. The van der Waals surface area contributed by atoms with Gasteiger partial charge in [-0.25, -0.2) is 0 Å². The molecule has 1 heterocycles. The maximum Gasteiger partial charge on any atom is 0.156 e. The van der Waals surface area contributed by atoms with Crippen LogP contribution in [0.1, 0.15) is 33.3 Å². The summed E-state index contributed by atoms with van der Waals surface area (Å²) in [6.45, 7) is 9.80. The number of halogens is 1. The topological polar surface area (TPSA) is 33.2 Å². The molecule has 0 aromatic carbocycles. The van der Waals surface area contributed by atoms with Gasteiger partial charge < -0.3 is 0 Å². The zero-order valence-electron chi connectivity index (χ0n) is 11.5. The lowest BCUT2D eigenvalue weighted by atomic mass is 9.92. The normalized spacial score (nSPS) is 11.9. The lowest BCUT2D eigenvalue weighted by Crippen LogP contribution is -2.50. The summed E-state index contributed by atoms with van der Waals surface area (Å²) in [6.07, 6.45) is 3.60. The van der Waals surface area contributed by atoms with Crippen molar-refractivity contribution in [3.63, 3.8) is 0 Å². The van der Waals surface area contributed by atoms with Crippen LogP contribution in [0.3, 0.4) is 0 Å². The first-order chi connectivity index (χ1) is 8.43. The molecule has 18 heavy (non-hydrogen) atoms. The highest BCUT2D eigenvalue weighted by molar-refractivity contribution is 6.31. The fraction of sp³-hybridized carbons (Fsp3) is 0.571. The van der Waals surface area contributed by atoms with Gasteiger partial charge in [-0.05, 0) is 38.6 Å². The van der Waals surface area contributed by atoms with E-state index in [1.54, 1.807) is 18.5 Å². The van der Waals surface area contributed by atoms with Crippen molar-refractivity contribution >= 4 is 17.4 Å². The quantitative estimate of drug-likeness (QED) is 0.795. The Kier molecular flexibility index (Phi) is 5.29. The Labute approximate surface area is 114 Å². The van der Waals surface area contributed by atoms with Gasteiger partial charge in [0.2, 0.25) is 0 Å². The van der Waals surface area contributed by atoms with Crippen LogP contribution in [0.2, 0.25) is 5.02 Å². The summed E-state index contributed by atoms with van der Waals surface area (Å²) in [7, 11) is 0. The molecule has 0 fully saturated rings. The van der Waals surface area contributed by atoms with Crippen LogP contribution in [0.15, 0.2) is 18.5 Å². The largest absolute Gasteiger partial charge is 0.297 e. The average molecular weight is 269 g/mol. The summed E-state index contributed by atoms with van der Waals surface area (Å²) in [4.78, 5) is 18.5. The summed E-state index contributed by atoms with van der Waals surface area (Å²) >= 11 is 6.04. The Morgan fingerprint density at radius 2 is 2.00 bits per heavy atom. The van der Waals surface area contributed by atoms with Crippen LogP contribution in [0.25, 0.3) is 0 Å². The predicted octanol–water partition coefficient (Wildman–Crippen LogP) is 2.97. The second kappa shape index (κ2) is 6.30. The fourth-order valence-electron chi connectivity index (χ4n) is 2.13. The molecule has 1 rings (SSSR count). The molecular weight excluding hydrogens is 248 g/mol. The Balaban J connectivity index is 2.85. The van der Waals surface area contributed by atoms with E-state index in [2.05, 4.69) is 23.7 Å². The number of hydrogen-bond donors (Lipinski definition) is 0. The van der Waals surface area contributed by atoms with Crippen LogP contribution in [0.5, 0.6) is 0 Å². The maximum atomic E-state index is 12.4.